The van der Waals surface area contributed by atoms with Gasteiger partial charge >= 0.3 is 0 Å². The summed E-state index contributed by atoms with van der Waals surface area (Å²) in [6.07, 6.45) is 0.789. The molecule has 1 aromatic heterocycles. The molecule has 2 heterocycles. The highest BCUT2D eigenvalue weighted by Gasteiger charge is 2.21. The highest BCUT2D eigenvalue weighted by Crippen LogP contribution is 2.27. The van der Waals surface area contributed by atoms with Crippen molar-refractivity contribution in [2.45, 2.75) is 50.6 Å². The smallest absolute Gasteiger partial charge is 0.238 e. The Labute approximate surface area is 165 Å². The van der Waals surface area contributed by atoms with Crippen molar-refractivity contribution in [3.63, 3.8) is 0 Å². The fourth-order valence-corrected chi connectivity index (χ4v) is 3.72. The molecule has 0 bridgehead atoms. The molecule has 0 saturated carbocycles. The first kappa shape index (κ1) is 20.5. The van der Waals surface area contributed by atoms with Gasteiger partial charge in [0.15, 0.2) is 0 Å². The lowest BCUT2D eigenvalue weighted by atomic mass is 10.00. The molecule has 28 heavy (non-hydrogen) atoms. The van der Waals surface area contributed by atoms with Crippen molar-refractivity contribution in [3.8, 4) is 0 Å². The Balaban J connectivity index is 1.94. The van der Waals surface area contributed by atoms with Crippen LogP contribution in [0.4, 0.5) is 11.6 Å². The predicted octanol–water partition coefficient (Wildman–Crippen LogP) is 1.60. The molecule has 0 fully saturated rings. The number of sulfonamides is 1. The van der Waals surface area contributed by atoms with Crippen LogP contribution in [0.2, 0.25) is 0 Å². The van der Waals surface area contributed by atoms with Crippen LogP contribution in [-0.4, -0.2) is 42.7 Å². The molecule has 4 N–H and O–H groups in total. The molecule has 8 nitrogen and oxygen atoms in total. The third kappa shape index (κ3) is 4.60. The molecule has 1 aliphatic rings. The number of aromatic nitrogens is 2. The summed E-state index contributed by atoms with van der Waals surface area (Å²) in [5.41, 5.74) is 2.05. The fourth-order valence-electron chi connectivity index (χ4n) is 3.15. The Morgan fingerprint density at radius 1 is 1.21 bits per heavy atom. The number of anilines is 2. The van der Waals surface area contributed by atoms with E-state index < -0.39 is 10.0 Å². The number of fused-ring (bicyclic) bond motifs is 1. The van der Waals surface area contributed by atoms with Crippen LogP contribution in [0.3, 0.4) is 0 Å². The van der Waals surface area contributed by atoms with Gasteiger partial charge in [-0.3, -0.25) is 0 Å². The Morgan fingerprint density at radius 2 is 1.96 bits per heavy atom. The molecule has 0 saturated heterocycles. The number of hydrogen-bond acceptors (Lipinski definition) is 7. The maximum Gasteiger partial charge on any atom is 0.238 e. The minimum Gasteiger partial charge on any atom is -0.394 e. The van der Waals surface area contributed by atoms with E-state index >= 15 is 0 Å². The molecule has 0 amide bonds. The molecule has 1 aromatic carbocycles. The summed E-state index contributed by atoms with van der Waals surface area (Å²) in [4.78, 5) is 11.5. The zero-order chi connectivity index (χ0) is 20.5. The Hall–Kier alpha value is -2.23. The quantitative estimate of drug-likeness (QED) is 0.667. The number of nitrogens with one attached hydrogen (secondary N) is 1. The van der Waals surface area contributed by atoms with Gasteiger partial charge in [-0.2, -0.15) is 0 Å². The molecule has 0 unspecified atom stereocenters. The Morgan fingerprint density at radius 3 is 2.61 bits per heavy atom. The SMILES string of the molecule is CC(C)c1nc(N[C@@H](C)CO)cc(N2CCc3ccc(S(N)(=O)=O)cc3C2)n1. The molecule has 0 radical (unpaired) electrons. The molecule has 2 aromatic rings. The van der Waals surface area contributed by atoms with Gasteiger partial charge in [-0.05, 0) is 36.6 Å². The molecular formula is C19H27N5O3S. The average Bonchev–Trinajstić information content (AvgIpc) is 2.66. The molecule has 1 atom stereocenters. The normalized spacial score (nSPS) is 15.4. The summed E-state index contributed by atoms with van der Waals surface area (Å²) >= 11 is 0. The zero-order valence-electron chi connectivity index (χ0n) is 16.4. The standard InChI is InChI=1S/C19H27N5O3S/c1-12(2)19-22-17(21-13(3)11-25)9-18(23-19)24-7-6-14-4-5-16(28(20,26)27)8-15(14)10-24/h4-5,8-9,12-13,25H,6-7,10-11H2,1-3H3,(H2,20,26,27)(H,21,22,23)/t13-/m0/s1. The second-order valence-corrected chi connectivity index (χ2v) is 9.06. The maximum absolute atomic E-state index is 11.7. The van der Waals surface area contributed by atoms with E-state index in [1.165, 1.54) is 0 Å². The number of aliphatic hydroxyl groups excluding tert-OH is 1. The summed E-state index contributed by atoms with van der Waals surface area (Å²) in [7, 11) is -3.74. The van der Waals surface area contributed by atoms with Gasteiger partial charge in [0.2, 0.25) is 10.0 Å². The van der Waals surface area contributed by atoms with E-state index in [-0.39, 0.29) is 23.5 Å². The second kappa shape index (κ2) is 8.02. The topological polar surface area (TPSA) is 121 Å². The van der Waals surface area contributed by atoms with Crippen molar-refractivity contribution in [2.24, 2.45) is 5.14 Å². The van der Waals surface area contributed by atoms with Gasteiger partial charge in [0.05, 0.1) is 11.5 Å². The molecule has 152 valence electrons. The molecule has 3 rings (SSSR count). The van der Waals surface area contributed by atoms with E-state index in [4.69, 9.17) is 10.1 Å². The molecule has 0 aliphatic carbocycles. The van der Waals surface area contributed by atoms with E-state index in [2.05, 4.69) is 15.2 Å². The molecule has 1 aliphatic heterocycles. The third-order valence-corrected chi connectivity index (χ3v) is 5.67. The number of primary sulfonamides is 1. The Bertz CT molecular complexity index is 962. The predicted molar refractivity (Wildman–Crippen MR) is 109 cm³/mol. The molecular weight excluding hydrogens is 378 g/mol. The monoisotopic (exact) mass is 405 g/mol. The van der Waals surface area contributed by atoms with Crippen molar-refractivity contribution in [2.75, 3.05) is 23.4 Å². The van der Waals surface area contributed by atoms with Gasteiger partial charge in [0, 0.05) is 31.1 Å². The second-order valence-electron chi connectivity index (χ2n) is 7.50. The fraction of sp³-hybridized carbons (Fsp3) is 0.474. The summed E-state index contributed by atoms with van der Waals surface area (Å²) in [6.45, 7) is 7.25. The van der Waals surface area contributed by atoms with E-state index in [1.54, 1.807) is 12.1 Å². The lowest BCUT2D eigenvalue weighted by Crippen LogP contribution is -2.32. The number of nitrogens with zero attached hydrogens (tertiary/aromatic N) is 3. The summed E-state index contributed by atoms with van der Waals surface area (Å²) in [5, 5.41) is 17.8. The lowest BCUT2D eigenvalue weighted by molar-refractivity contribution is 0.281. The highest BCUT2D eigenvalue weighted by atomic mass is 32.2. The molecule has 9 heteroatoms. The maximum atomic E-state index is 11.7. The van der Waals surface area contributed by atoms with Crippen LogP contribution in [0.1, 0.15) is 43.6 Å². The average molecular weight is 406 g/mol. The summed E-state index contributed by atoms with van der Waals surface area (Å²) < 4.78 is 23.4. The van der Waals surface area contributed by atoms with Crippen LogP contribution in [-0.2, 0) is 23.0 Å². The highest BCUT2D eigenvalue weighted by molar-refractivity contribution is 7.89. The third-order valence-electron chi connectivity index (χ3n) is 4.76. The van der Waals surface area contributed by atoms with Crippen molar-refractivity contribution >= 4 is 21.7 Å². The van der Waals surface area contributed by atoms with Gasteiger partial charge in [0.25, 0.3) is 0 Å². The van der Waals surface area contributed by atoms with Crippen molar-refractivity contribution < 1.29 is 13.5 Å². The van der Waals surface area contributed by atoms with Crippen molar-refractivity contribution in [3.05, 3.63) is 41.2 Å². The first-order valence-corrected chi connectivity index (χ1v) is 10.9. The summed E-state index contributed by atoms with van der Waals surface area (Å²) in [5.74, 6) is 2.31. The number of nitrogens with two attached hydrogens (primary N) is 1. The number of hydrogen-bond donors (Lipinski definition) is 3. The number of aliphatic hydroxyl groups is 1. The number of benzene rings is 1. The number of rotatable bonds is 6. The van der Waals surface area contributed by atoms with E-state index in [0.717, 1.165) is 29.9 Å². The van der Waals surface area contributed by atoms with E-state index in [9.17, 15) is 13.5 Å². The van der Waals surface area contributed by atoms with Gasteiger partial charge < -0.3 is 15.3 Å². The zero-order valence-corrected chi connectivity index (χ0v) is 17.2. The van der Waals surface area contributed by atoms with Crippen LogP contribution >= 0.6 is 0 Å². The van der Waals surface area contributed by atoms with Gasteiger partial charge in [0.1, 0.15) is 17.5 Å². The minimum absolute atomic E-state index is 0.00375. The first-order valence-electron chi connectivity index (χ1n) is 9.33. The first-order chi connectivity index (χ1) is 13.2. The van der Waals surface area contributed by atoms with E-state index in [0.29, 0.717) is 18.2 Å². The van der Waals surface area contributed by atoms with Crippen molar-refractivity contribution in [1.29, 1.82) is 0 Å². The van der Waals surface area contributed by atoms with Crippen LogP contribution in [0.5, 0.6) is 0 Å². The van der Waals surface area contributed by atoms with Crippen molar-refractivity contribution in [1.82, 2.24) is 9.97 Å². The van der Waals surface area contributed by atoms with Crippen LogP contribution in [0.25, 0.3) is 0 Å². The lowest BCUT2D eigenvalue weighted by Gasteiger charge is -2.31. The van der Waals surface area contributed by atoms with Gasteiger partial charge in [-0.1, -0.05) is 19.9 Å². The Kier molecular flexibility index (Phi) is 5.87. The largest absolute Gasteiger partial charge is 0.394 e. The van der Waals surface area contributed by atoms with Crippen LogP contribution in [0.15, 0.2) is 29.2 Å². The molecule has 0 spiro atoms. The van der Waals surface area contributed by atoms with Gasteiger partial charge in [-0.15, -0.1) is 0 Å². The van der Waals surface area contributed by atoms with Crippen LogP contribution in [0, 0.1) is 0 Å². The minimum atomic E-state index is -3.74. The van der Waals surface area contributed by atoms with Crippen LogP contribution < -0.4 is 15.4 Å². The van der Waals surface area contributed by atoms with E-state index in [1.807, 2.05) is 32.9 Å². The summed E-state index contributed by atoms with van der Waals surface area (Å²) in [6, 6.07) is 6.79. The van der Waals surface area contributed by atoms with Gasteiger partial charge in [-0.25, -0.2) is 23.5 Å².